The zero-order valence-corrected chi connectivity index (χ0v) is 33.0. The van der Waals surface area contributed by atoms with Crippen molar-refractivity contribution in [2.24, 2.45) is 0 Å². The van der Waals surface area contributed by atoms with Crippen LogP contribution in [0, 0.1) is 12.3 Å². The Balaban J connectivity index is 1.03. The predicted octanol–water partition coefficient (Wildman–Crippen LogP) is 0.442. The number of carbonyl (C=O) groups excluding carboxylic acids is 4. The number of hydrogen-bond acceptors (Lipinski definition) is 16. The highest BCUT2D eigenvalue weighted by atomic mass is 16.6. The van der Waals surface area contributed by atoms with E-state index in [1.54, 1.807) is 18.2 Å². The van der Waals surface area contributed by atoms with Crippen LogP contribution >= 0.6 is 0 Å². The number of carbonyl (C=O) groups is 4. The predicted molar refractivity (Wildman–Crippen MR) is 205 cm³/mol. The molecule has 2 aliphatic heterocycles. The van der Waals surface area contributed by atoms with Gasteiger partial charge in [0.15, 0.2) is 0 Å². The van der Waals surface area contributed by atoms with Gasteiger partial charge >= 0.3 is 0 Å². The fourth-order valence-electron chi connectivity index (χ4n) is 4.84. The highest BCUT2D eigenvalue weighted by Crippen LogP contribution is 2.22. The molecule has 2 heterocycles. The average Bonchev–Trinajstić information content (AvgIpc) is 3.73. The molecule has 0 saturated heterocycles. The van der Waals surface area contributed by atoms with Crippen LogP contribution in [-0.2, 0) is 66.5 Å². The highest BCUT2D eigenvalue weighted by molar-refractivity contribution is 6.13. The van der Waals surface area contributed by atoms with Crippen molar-refractivity contribution >= 4 is 23.6 Å². The van der Waals surface area contributed by atoms with E-state index in [1.807, 2.05) is 0 Å². The van der Waals surface area contributed by atoms with Gasteiger partial charge in [0.1, 0.15) is 24.7 Å². The van der Waals surface area contributed by atoms with E-state index in [9.17, 15) is 19.2 Å². The van der Waals surface area contributed by atoms with Crippen LogP contribution in [0.4, 0.5) is 0 Å². The molecule has 0 atom stereocenters. The molecule has 0 fully saturated rings. The van der Waals surface area contributed by atoms with E-state index in [2.05, 4.69) is 5.92 Å². The normalized spacial score (nSPS) is 13.7. The van der Waals surface area contributed by atoms with Gasteiger partial charge in [0.05, 0.1) is 145 Å². The second-order valence-corrected chi connectivity index (χ2v) is 12.0. The first-order valence-electron chi connectivity index (χ1n) is 19.2. The lowest BCUT2D eigenvalue weighted by atomic mass is 10.2. The second kappa shape index (κ2) is 31.7. The number of nitrogens with zero attached hydrogens (tertiary/aromatic N) is 2. The number of amides is 4. The molecular formula is C40H56N2O16. The van der Waals surface area contributed by atoms with Crippen LogP contribution in [0.3, 0.4) is 0 Å². The van der Waals surface area contributed by atoms with E-state index in [4.69, 9.17) is 63.3 Å². The van der Waals surface area contributed by atoms with Crippen LogP contribution in [0.1, 0.15) is 5.56 Å². The van der Waals surface area contributed by atoms with Crippen molar-refractivity contribution < 1.29 is 76.0 Å². The van der Waals surface area contributed by atoms with Gasteiger partial charge in [-0.25, -0.2) is 0 Å². The minimum atomic E-state index is -0.319. The number of benzene rings is 1. The van der Waals surface area contributed by atoms with Gasteiger partial charge in [-0.05, 0) is 12.1 Å². The zero-order valence-electron chi connectivity index (χ0n) is 33.0. The Morgan fingerprint density at radius 1 is 0.362 bits per heavy atom. The third-order valence-corrected chi connectivity index (χ3v) is 7.74. The van der Waals surface area contributed by atoms with Crippen LogP contribution in [0.5, 0.6) is 11.5 Å². The molecule has 1 aromatic rings. The van der Waals surface area contributed by atoms with Gasteiger partial charge in [-0.1, -0.05) is 5.92 Å². The first-order chi connectivity index (χ1) is 28.5. The number of terminal acetylenes is 1. The molecular weight excluding hydrogens is 764 g/mol. The maximum atomic E-state index is 11.4. The van der Waals surface area contributed by atoms with Gasteiger partial charge < -0.3 is 56.8 Å². The molecule has 3 rings (SSSR count). The van der Waals surface area contributed by atoms with Gasteiger partial charge in [0.25, 0.3) is 23.6 Å². The molecule has 0 aromatic heterocycles. The van der Waals surface area contributed by atoms with Gasteiger partial charge in [-0.15, -0.1) is 6.42 Å². The molecule has 1 aromatic carbocycles. The number of rotatable bonds is 38. The highest BCUT2D eigenvalue weighted by Gasteiger charge is 2.23. The SMILES string of the molecule is C#Cc1cc(OCCOCCOCCOCCOCCOCCN2C(=O)C=CC2=O)cc(OCCOCCOCCOCCOCCOCCN2C(=O)C=CC2=O)c1. The molecule has 18 heteroatoms. The van der Waals surface area contributed by atoms with Crippen LogP contribution in [0.2, 0.25) is 0 Å². The molecule has 4 amide bonds. The number of hydrogen-bond donors (Lipinski definition) is 0. The maximum absolute atomic E-state index is 11.4. The van der Waals surface area contributed by atoms with Crippen molar-refractivity contribution in [1.29, 1.82) is 0 Å². The molecule has 0 aliphatic carbocycles. The third-order valence-electron chi connectivity index (χ3n) is 7.74. The smallest absolute Gasteiger partial charge is 0.253 e. The van der Waals surface area contributed by atoms with E-state index >= 15 is 0 Å². The summed E-state index contributed by atoms with van der Waals surface area (Å²) in [7, 11) is 0. The van der Waals surface area contributed by atoms with E-state index < -0.39 is 0 Å². The van der Waals surface area contributed by atoms with Crippen molar-refractivity contribution in [2.45, 2.75) is 0 Å². The molecule has 0 radical (unpaired) electrons. The fourth-order valence-corrected chi connectivity index (χ4v) is 4.84. The van der Waals surface area contributed by atoms with Gasteiger partial charge in [0.2, 0.25) is 0 Å². The standard InChI is InChI=1S/C40H56N2O16/c1-2-34-31-35(57-29-27-55-25-23-53-21-19-51-17-15-49-13-11-47-9-7-41-37(43)3-4-38(41)44)33-36(32-34)58-30-28-56-26-24-54-22-20-52-18-16-50-14-12-48-10-8-42-39(45)5-6-40(42)46/h1,3-6,31-33H,7-30H2. The van der Waals surface area contributed by atoms with Crippen LogP contribution in [0.15, 0.2) is 42.5 Å². The quantitative estimate of drug-likeness (QED) is 0.0508. The first-order valence-corrected chi connectivity index (χ1v) is 19.2. The molecule has 0 unspecified atom stereocenters. The Hall–Kier alpha value is -4.26. The largest absolute Gasteiger partial charge is 0.491 e. The molecule has 0 spiro atoms. The van der Waals surface area contributed by atoms with Crippen molar-refractivity contribution in [2.75, 3.05) is 158 Å². The minimum absolute atomic E-state index is 0.223. The Kier molecular flexibility index (Phi) is 26.3. The summed E-state index contributed by atoms with van der Waals surface area (Å²) in [6, 6.07) is 5.27. The lowest BCUT2D eigenvalue weighted by Gasteiger charge is -2.13. The molecule has 322 valence electrons. The summed E-state index contributed by atoms with van der Waals surface area (Å²) in [5, 5.41) is 0. The molecule has 2 aliphatic rings. The summed E-state index contributed by atoms with van der Waals surface area (Å²) in [6.45, 7) is 8.86. The maximum Gasteiger partial charge on any atom is 0.253 e. The summed E-state index contributed by atoms with van der Waals surface area (Å²) < 4.78 is 66.3. The molecule has 0 bridgehead atoms. The van der Waals surface area contributed by atoms with E-state index in [-0.39, 0.29) is 49.9 Å². The van der Waals surface area contributed by atoms with Crippen LogP contribution in [-0.4, -0.2) is 192 Å². The summed E-state index contributed by atoms with van der Waals surface area (Å²) in [5.74, 6) is 2.47. The van der Waals surface area contributed by atoms with Crippen molar-refractivity contribution in [3.8, 4) is 23.8 Å². The Morgan fingerprint density at radius 3 is 0.862 bits per heavy atom. The lowest BCUT2D eigenvalue weighted by Crippen LogP contribution is -2.33. The molecule has 0 saturated carbocycles. The lowest BCUT2D eigenvalue weighted by molar-refractivity contribution is -0.139. The zero-order chi connectivity index (χ0) is 41.3. The van der Waals surface area contributed by atoms with Crippen LogP contribution in [0.25, 0.3) is 0 Å². The second-order valence-electron chi connectivity index (χ2n) is 12.0. The van der Waals surface area contributed by atoms with Gasteiger partial charge in [-0.3, -0.25) is 29.0 Å². The van der Waals surface area contributed by atoms with Crippen LogP contribution < -0.4 is 9.47 Å². The summed E-state index contributed by atoms with van der Waals surface area (Å²) in [4.78, 5) is 48.0. The third kappa shape index (κ3) is 22.0. The van der Waals surface area contributed by atoms with Gasteiger partial charge in [0, 0.05) is 35.9 Å². The van der Waals surface area contributed by atoms with Crippen molar-refractivity contribution in [1.82, 2.24) is 9.80 Å². The van der Waals surface area contributed by atoms with Gasteiger partial charge in [-0.2, -0.15) is 0 Å². The Morgan fingerprint density at radius 2 is 0.603 bits per heavy atom. The molecule has 58 heavy (non-hydrogen) atoms. The van der Waals surface area contributed by atoms with Crippen molar-refractivity contribution in [3.05, 3.63) is 48.1 Å². The Bertz CT molecular complexity index is 1320. The minimum Gasteiger partial charge on any atom is -0.491 e. The van der Waals surface area contributed by atoms with E-state index in [1.165, 1.54) is 24.3 Å². The molecule has 0 N–H and O–H groups in total. The summed E-state index contributed by atoms with van der Waals surface area (Å²) >= 11 is 0. The first kappa shape index (κ1) is 48.1. The topological polar surface area (TPSA) is 186 Å². The number of ether oxygens (including phenoxy) is 12. The summed E-state index contributed by atoms with van der Waals surface area (Å²) in [6.07, 6.45) is 10.6. The fraction of sp³-hybridized carbons (Fsp3) is 0.600. The Labute approximate surface area is 339 Å². The molecule has 18 nitrogen and oxygen atoms in total. The van der Waals surface area contributed by atoms with Crippen molar-refractivity contribution in [3.63, 3.8) is 0 Å². The number of imide groups is 2. The monoisotopic (exact) mass is 820 g/mol. The van der Waals surface area contributed by atoms with E-state index in [0.717, 1.165) is 9.80 Å². The average molecular weight is 821 g/mol. The van der Waals surface area contributed by atoms with E-state index in [0.29, 0.717) is 149 Å². The summed E-state index contributed by atoms with van der Waals surface area (Å²) in [5.41, 5.74) is 0.628.